The second kappa shape index (κ2) is 6.18. The highest BCUT2D eigenvalue weighted by atomic mass is 16.5. The highest BCUT2D eigenvalue weighted by Crippen LogP contribution is 2.17. The molecule has 1 saturated heterocycles. The summed E-state index contributed by atoms with van der Waals surface area (Å²) in [5, 5.41) is 4.03. The van der Waals surface area contributed by atoms with E-state index in [0.29, 0.717) is 23.7 Å². The second-order valence-corrected chi connectivity index (χ2v) is 4.73. The first-order chi connectivity index (χ1) is 11.1. The number of furan rings is 1. The molecule has 0 bridgehead atoms. The van der Waals surface area contributed by atoms with Gasteiger partial charge in [0.2, 0.25) is 0 Å². The summed E-state index contributed by atoms with van der Waals surface area (Å²) in [5.41, 5.74) is 0.499. The van der Waals surface area contributed by atoms with E-state index in [2.05, 4.69) is 0 Å². The fraction of sp³-hybridized carbons (Fsp3) is 0.0625. The second-order valence-electron chi connectivity index (χ2n) is 4.73. The molecule has 7 heteroatoms. The molecule has 2 aromatic rings. The monoisotopic (exact) mass is 312 g/mol. The summed E-state index contributed by atoms with van der Waals surface area (Å²) in [6.07, 6.45) is 2.96. The molecule has 7 nitrogen and oxygen atoms in total. The molecule has 116 valence electrons. The first-order valence-corrected chi connectivity index (χ1v) is 6.75. The number of benzene rings is 1. The van der Waals surface area contributed by atoms with Crippen molar-refractivity contribution in [3.8, 4) is 5.75 Å². The first-order valence-electron chi connectivity index (χ1n) is 6.75. The third kappa shape index (κ3) is 3.46. The third-order valence-electron chi connectivity index (χ3n) is 3.10. The molecule has 0 atom stereocenters. The SMILES string of the molecule is O=C1NC(=O)C(=Cc2ccc(OCc3ccco3)cc2)C(=O)N1. The Balaban J connectivity index is 1.69. The molecule has 0 radical (unpaired) electrons. The molecule has 3 rings (SSSR count). The van der Waals surface area contributed by atoms with Crippen LogP contribution in [0.5, 0.6) is 5.75 Å². The van der Waals surface area contributed by atoms with Gasteiger partial charge < -0.3 is 9.15 Å². The van der Waals surface area contributed by atoms with E-state index >= 15 is 0 Å². The van der Waals surface area contributed by atoms with E-state index in [0.717, 1.165) is 0 Å². The Labute approximate surface area is 130 Å². The number of carbonyl (C=O) groups is 3. The number of nitrogens with one attached hydrogen (secondary N) is 2. The molecule has 2 heterocycles. The molecule has 0 saturated carbocycles. The number of hydrogen-bond acceptors (Lipinski definition) is 5. The Kier molecular flexibility index (Phi) is 3.92. The number of urea groups is 1. The van der Waals surface area contributed by atoms with Gasteiger partial charge in [0.25, 0.3) is 11.8 Å². The summed E-state index contributed by atoms with van der Waals surface area (Å²) in [4.78, 5) is 34.2. The van der Waals surface area contributed by atoms with E-state index in [1.807, 2.05) is 10.6 Å². The van der Waals surface area contributed by atoms with Crippen LogP contribution >= 0.6 is 0 Å². The number of rotatable bonds is 4. The minimum atomic E-state index is -0.821. The van der Waals surface area contributed by atoms with Crippen molar-refractivity contribution in [2.75, 3.05) is 0 Å². The molecule has 0 spiro atoms. The first kappa shape index (κ1) is 14.6. The highest BCUT2D eigenvalue weighted by Gasteiger charge is 2.27. The molecule has 1 aliphatic heterocycles. The van der Waals surface area contributed by atoms with Gasteiger partial charge in [-0.05, 0) is 35.9 Å². The number of ether oxygens (including phenoxy) is 1. The van der Waals surface area contributed by atoms with Crippen molar-refractivity contribution in [1.29, 1.82) is 0 Å². The topological polar surface area (TPSA) is 97.6 Å². The minimum absolute atomic E-state index is 0.131. The Hall–Kier alpha value is -3.35. The third-order valence-corrected chi connectivity index (χ3v) is 3.10. The standard InChI is InChI=1S/C16H12N2O5/c19-14-13(15(20)18-16(21)17-14)8-10-3-5-11(6-4-10)23-9-12-2-1-7-22-12/h1-8H,9H2,(H2,17,18,19,20,21). The van der Waals surface area contributed by atoms with Crippen LogP contribution < -0.4 is 15.4 Å². The van der Waals surface area contributed by atoms with Gasteiger partial charge >= 0.3 is 6.03 Å². The van der Waals surface area contributed by atoms with E-state index < -0.39 is 17.8 Å². The van der Waals surface area contributed by atoms with Gasteiger partial charge in [0.05, 0.1) is 6.26 Å². The van der Waals surface area contributed by atoms with E-state index in [4.69, 9.17) is 9.15 Å². The summed E-state index contributed by atoms with van der Waals surface area (Å²) in [6.45, 7) is 0.306. The smallest absolute Gasteiger partial charge is 0.328 e. The molecule has 0 unspecified atom stereocenters. The average Bonchev–Trinajstić information content (AvgIpc) is 3.03. The van der Waals surface area contributed by atoms with Gasteiger partial charge in [-0.2, -0.15) is 0 Å². The number of barbiturate groups is 1. The van der Waals surface area contributed by atoms with Crippen molar-refractivity contribution in [1.82, 2.24) is 10.6 Å². The van der Waals surface area contributed by atoms with Crippen molar-refractivity contribution in [2.24, 2.45) is 0 Å². The number of imide groups is 2. The summed E-state index contributed by atoms with van der Waals surface area (Å²) >= 11 is 0. The molecule has 1 aromatic carbocycles. The molecular weight excluding hydrogens is 300 g/mol. The van der Waals surface area contributed by atoms with Gasteiger partial charge in [-0.15, -0.1) is 0 Å². The molecule has 2 N–H and O–H groups in total. The lowest BCUT2D eigenvalue weighted by atomic mass is 10.1. The maximum absolute atomic E-state index is 11.6. The van der Waals surface area contributed by atoms with Gasteiger partial charge in [0.15, 0.2) is 0 Å². The Bertz CT molecular complexity index is 753. The lowest BCUT2D eigenvalue weighted by molar-refractivity contribution is -0.123. The van der Waals surface area contributed by atoms with Gasteiger partial charge in [-0.1, -0.05) is 12.1 Å². The fourth-order valence-corrected chi connectivity index (χ4v) is 1.98. The molecule has 1 aliphatic rings. The maximum Gasteiger partial charge on any atom is 0.328 e. The van der Waals surface area contributed by atoms with E-state index in [1.165, 1.54) is 6.08 Å². The maximum atomic E-state index is 11.6. The Morgan fingerprint density at radius 2 is 1.70 bits per heavy atom. The van der Waals surface area contributed by atoms with E-state index in [-0.39, 0.29) is 5.57 Å². The predicted octanol–water partition coefficient (Wildman–Crippen LogP) is 1.61. The van der Waals surface area contributed by atoms with Crippen LogP contribution in [0.2, 0.25) is 0 Å². The fourth-order valence-electron chi connectivity index (χ4n) is 1.98. The number of carbonyl (C=O) groups excluding carboxylic acids is 3. The normalized spacial score (nSPS) is 14.3. The van der Waals surface area contributed by atoms with Crippen LogP contribution in [-0.2, 0) is 16.2 Å². The zero-order chi connectivity index (χ0) is 16.2. The van der Waals surface area contributed by atoms with Gasteiger partial charge in [-0.25, -0.2) is 4.79 Å². The van der Waals surface area contributed by atoms with Crippen LogP contribution in [-0.4, -0.2) is 17.8 Å². The Morgan fingerprint density at radius 1 is 1.00 bits per heavy atom. The quantitative estimate of drug-likeness (QED) is 0.660. The van der Waals surface area contributed by atoms with Crippen LogP contribution in [0.4, 0.5) is 4.79 Å². The van der Waals surface area contributed by atoms with Crippen LogP contribution in [0.3, 0.4) is 0 Å². The van der Waals surface area contributed by atoms with Crippen molar-refractivity contribution >= 4 is 23.9 Å². The number of amides is 4. The van der Waals surface area contributed by atoms with Crippen molar-refractivity contribution in [2.45, 2.75) is 6.61 Å². The van der Waals surface area contributed by atoms with Crippen molar-refractivity contribution in [3.05, 3.63) is 59.6 Å². The zero-order valence-electron chi connectivity index (χ0n) is 11.9. The Morgan fingerprint density at radius 3 is 2.30 bits per heavy atom. The van der Waals surface area contributed by atoms with Gasteiger partial charge in [0.1, 0.15) is 23.7 Å². The molecule has 4 amide bonds. The van der Waals surface area contributed by atoms with Crippen LogP contribution in [0, 0.1) is 0 Å². The van der Waals surface area contributed by atoms with Crippen molar-refractivity contribution in [3.63, 3.8) is 0 Å². The summed E-state index contributed by atoms with van der Waals surface area (Å²) in [7, 11) is 0. The predicted molar refractivity (Wildman–Crippen MR) is 79.1 cm³/mol. The largest absolute Gasteiger partial charge is 0.486 e. The molecule has 0 aliphatic carbocycles. The van der Waals surface area contributed by atoms with Gasteiger partial charge in [0, 0.05) is 0 Å². The average molecular weight is 312 g/mol. The molecular formula is C16H12N2O5. The summed E-state index contributed by atoms with van der Waals surface area (Å²) in [5.74, 6) is -0.124. The van der Waals surface area contributed by atoms with Gasteiger partial charge in [-0.3, -0.25) is 20.2 Å². The molecule has 1 aromatic heterocycles. The van der Waals surface area contributed by atoms with Crippen molar-refractivity contribution < 1.29 is 23.5 Å². The zero-order valence-corrected chi connectivity index (χ0v) is 11.9. The van der Waals surface area contributed by atoms with E-state index in [1.54, 1.807) is 42.7 Å². The lowest BCUT2D eigenvalue weighted by Crippen LogP contribution is -2.51. The summed E-state index contributed by atoms with van der Waals surface area (Å²) in [6, 6.07) is 9.57. The number of hydrogen-bond donors (Lipinski definition) is 2. The highest BCUT2D eigenvalue weighted by molar-refractivity contribution is 6.31. The molecule has 1 fully saturated rings. The summed E-state index contributed by atoms with van der Waals surface area (Å²) < 4.78 is 10.7. The lowest BCUT2D eigenvalue weighted by Gasteiger charge is -2.13. The van der Waals surface area contributed by atoms with E-state index in [9.17, 15) is 14.4 Å². The van der Waals surface area contributed by atoms with Crippen LogP contribution in [0.1, 0.15) is 11.3 Å². The minimum Gasteiger partial charge on any atom is -0.486 e. The van der Waals surface area contributed by atoms with Crippen LogP contribution in [0.15, 0.2) is 52.7 Å². The molecule has 23 heavy (non-hydrogen) atoms. The van der Waals surface area contributed by atoms with Crippen LogP contribution in [0.25, 0.3) is 6.08 Å².